The number of hydrogen-bond donors (Lipinski definition) is 1. The van der Waals surface area contributed by atoms with Gasteiger partial charge in [0.05, 0.1) is 17.8 Å². The summed E-state index contributed by atoms with van der Waals surface area (Å²) in [6.07, 6.45) is -10.1. The highest BCUT2D eigenvalue weighted by Crippen LogP contribution is 2.41. The van der Waals surface area contributed by atoms with Crippen LogP contribution in [0, 0.1) is 6.57 Å². The molecule has 6 nitrogen and oxygen atoms in total. The lowest BCUT2D eigenvalue weighted by Gasteiger charge is -2.25. The summed E-state index contributed by atoms with van der Waals surface area (Å²) >= 11 is 0. The highest BCUT2D eigenvalue weighted by atomic mass is 19.4. The van der Waals surface area contributed by atoms with Gasteiger partial charge in [0.2, 0.25) is 5.96 Å². The van der Waals surface area contributed by atoms with Gasteiger partial charge >= 0.3 is 12.4 Å². The van der Waals surface area contributed by atoms with Gasteiger partial charge in [0.25, 0.3) is 0 Å². The van der Waals surface area contributed by atoms with Crippen LogP contribution in [-0.2, 0) is 6.18 Å². The van der Waals surface area contributed by atoms with E-state index >= 15 is 0 Å². The quantitative estimate of drug-likeness (QED) is 0.584. The highest BCUT2D eigenvalue weighted by Gasteiger charge is 2.55. The smallest absolute Gasteiger partial charge is 0.368 e. The lowest BCUT2D eigenvalue weighted by molar-refractivity contribution is -0.136. The van der Waals surface area contributed by atoms with Gasteiger partial charge in [-0.1, -0.05) is 6.07 Å². The number of benzene rings is 1. The Morgan fingerprint density at radius 1 is 1.22 bits per heavy atom. The molecular weight excluding hydrogens is 378 g/mol. The van der Waals surface area contributed by atoms with Crippen LogP contribution in [0.25, 0.3) is 4.85 Å². The first-order valence-electron chi connectivity index (χ1n) is 7.33. The number of aliphatic imine (C=N–C) groups is 2. The maximum atomic E-state index is 13.1. The topological polar surface area (TPSA) is 70.7 Å². The second kappa shape index (κ2) is 5.70. The molecule has 0 saturated heterocycles. The maximum absolute atomic E-state index is 13.1. The first kappa shape index (κ1) is 18.7. The number of nitrogens with two attached hydrogens (primary N) is 1. The van der Waals surface area contributed by atoms with Crippen molar-refractivity contribution in [2.75, 3.05) is 0 Å². The van der Waals surface area contributed by atoms with E-state index in [1.807, 2.05) is 0 Å². The minimum atomic E-state index is -4.79. The van der Waals surface area contributed by atoms with E-state index in [9.17, 15) is 26.3 Å². The van der Waals surface area contributed by atoms with E-state index in [0.29, 0.717) is 6.07 Å². The number of hydrogen-bond acceptors (Lipinski definition) is 4. The Hall–Kier alpha value is -3.10. The van der Waals surface area contributed by atoms with Crippen molar-refractivity contribution >= 4 is 28.9 Å². The normalized spacial score (nSPS) is 23.9. The first-order chi connectivity index (χ1) is 12.4. The van der Waals surface area contributed by atoms with Gasteiger partial charge in [0.15, 0.2) is 11.5 Å². The van der Waals surface area contributed by atoms with Crippen molar-refractivity contribution in [3.8, 4) is 0 Å². The van der Waals surface area contributed by atoms with Crippen LogP contribution in [0.3, 0.4) is 0 Å². The van der Waals surface area contributed by atoms with Crippen LogP contribution < -0.4 is 5.73 Å². The van der Waals surface area contributed by atoms with Gasteiger partial charge in [-0.2, -0.15) is 36.4 Å². The molecule has 0 amide bonds. The molecule has 0 spiro atoms. The number of hydrazone groups is 1. The number of nitrogens with zero attached hydrogens (tertiary/aromatic N) is 5. The maximum Gasteiger partial charge on any atom is 0.431 e. The van der Waals surface area contributed by atoms with Gasteiger partial charge in [-0.3, -0.25) is 0 Å². The lowest BCUT2D eigenvalue weighted by atomic mass is 9.95. The third-order valence-corrected chi connectivity index (χ3v) is 4.09. The minimum absolute atomic E-state index is 0.202. The summed E-state index contributed by atoms with van der Waals surface area (Å²) in [4.78, 5) is 10.6. The predicted molar refractivity (Wildman–Crippen MR) is 84.8 cm³/mol. The number of alkyl halides is 6. The molecule has 0 aliphatic carbocycles. The SMILES string of the molecule is [C-]#[N+]c1ccc(N=C2N=C(N)N3N=C(C(F)(F)F)CC23C)cc1C(F)(F)F. The summed E-state index contributed by atoms with van der Waals surface area (Å²) < 4.78 is 78.1. The van der Waals surface area contributed by atoms with Crippen LogP contribution in [0.15, 0.2) is 33.3 Å². The van der Waals surface area contributed by atoms with Gasteiger partial charge < -0.3 is 5.73 Å². The zero-order valence-electron chi connectivity index (χ0n) is 13.5. The van der Waals surface area contributed by atoms with Gasteiger partial charge in [-0.25, -0.2) is 14.8 Å². The monoisotopic (exact) mass is 388 g/mol. The molecule has 1 aromatic carbocycles. The summed E-state index contributed by atoms with van der Waals surface area (Å²) in [5, 5.41) is 4.27. The van der Waals surface area contributed by atoms with Crippen LogP contribution in [0.2, 0.25) is 0 Å². The molecule has 0 fully saturated rings. The molecule has 0 bridgehead atoms. The number of amidine groups is 1. The fourth-order valence-electron chi connectivity index (χ4n) is 2.76. The molecule has 2 aliphatic rings. The van der Waals surface area contributed by atoms with Gasteiger partial charge in [-0.15, -0.1) is 0 Å². The van der Waals surface area contributed by atoms with Crippen LogP contribution in [-0.4, -0.2) is 34.2 Å². The average molecular weight is 388 g/mol. The Morgan fingerprint density at radius 2 is 1.89 bits per heavy atom. The van der Waals surface area contributed by atoms with E-state index in [1.165, 1.54) is 6.92 Å². The van der Waals surface area contributed by atoms with Crippen LogP contribution >= 0.6 is 0 Å². The molecule has 0 radical (unpaired) electrons. The summed E-state index contributed by atoms with van der Waals surface area (Å²) in [6, 6.07) is 2.72. The van der Waals surface area contributed by atoms with Crippen molar-refractivity contribution in [2.24, 2.45) is 20.8 Å². The van der Waals surface area contributed by atoms with Crippen LogP contribution in [0.1, 0.15) is 18.9 Å². The molecule has 0 saturated carbocycles. The Balaban J connectivity index is 2.04. The number of guanidine groups is 1. The zero-order valence-corrected chi connectivity index (χ0v) is 13.5. The van der Waals surface area contributed by atoms with Crippen molar-refractivity contribution in [2.45, 2.75) is 31.2 Å². The molecule has 2 aliphatic heterocycles. The molecule has 1 aromatic rings. The molecule has 142 valence electrons. The van der Waals surface area contributed by atoms with E-state index in [4.69, 9.17) is 12.3 Å². The first-order valence-corrected chi connectivity index (χ1v) is 7.33. The zero-order chi connectivity index (χ0) is 20.2. The van der Waals surface area contributed by atoms with Gasteiger partial charge in [0.1, 0.15) is 11.3 Å². The number of rotatable bonds is 1. The fourth-order valence-corrected chi connectivity index (χ4v) is 2.76. The van der Waals surface area contributed by atoms with Gasteiger partial charge in [0, 0.05) is 6.42 Å². The third kappa shape index (κ3) is 3.09. The molecular formula is C15H10F6N6. The average Bonchev–Trinajstić information content (AvgIpc) is 3.01. The molecule has 27 heavy (non-hydrogen) atoms. The second-order valence-corrected chi connectivity index (χ2v) is 6.02. The Kier molecular flexibility index (Phi) is 3.94. The van der Waals surface area contributed by atoms with Crippen molar-refractivity contribution in [3.63, 3.8) is 0 Å². The second-order valence-electron chi connectivity index (χ2n) is 6.02. The largest absolute Gasteiger partial charge is 0.431 e. The summed E-state index contributed by atoms with van der Waals surface area (Å²) in [7, 11) is 0. The Morgan fingerprint density at radius 3 is 2.44 bits per heavy atom. The summed E-state index contributed by atoms with van der Waals surface area (Å²) in [5.74, 6) is -0.545. The third-order valence-electron chi connectivity index (χ3n) is 4.09. The Labute approximate surface area is 148 Å². The summed E-state index contributed by atoms with van der Waals surface area (Å²) in [6.45, 7) is 8.17. The highest BCUT2D eigenvalue weighted by molar-refractivity contribution is 6.13. The Bertz CT molecular complexity index is 936. The van der Waals surface area contributed by atoms with Crippen LogP contribution in [0.5, 0.6) is 0 Å². The molecule has 3 rings (SSSR count). The van der Waals surface area contributed by atoms with E-state index in [1.54, 1.807) is 0 Å². The van der Waals surface area contributed by atoms with Crippen molar-refractivity contribution in [1.29, 1.82) is 0 Å². The van der Waals surface area contributed by atoms with Gasteiger partial charge in [-0.05, 0) is 19.1 Å². The number of fused-ring (bicyclic) bond motifs is 1. The fraction of sp³-hybridized carbons (Fsp3) is 0.333. The van der Waals surface area contributed by atoms with E-state index in [0.717, 1.165) is 17.1 Å². The lowest BCUT2D eigenvalue weighted by Crippen LogP contribution is -2.45. The predicted octanol–water partition coefficient (Wildman–Crippen LogP) is 4.00. The summed E-state index contributed by atoms with van der Waals surface area (Å²) in [5.41, 5.74) is 1.02. The van der Waals surface area contributed by atoms with Crippen LogP contribution in [0.4, 0.5) is 37.7 Å². The van der Waals surface area contributed by atoms with E-state index in [2.05, 4.69) is 19.9 Å². The molecule has 2 heterocycles. The standard InChI is InChI=1S/C15H10F6N6/c1-13-6-10(15(19,20)21)26-27(13)12(22)25-11(13)24-7-3-4-9(23-2)8(5-7)14(16,17)18/h3-5H,6H2,1H3,(H2,22,24,25). The molecule has 1 atom stereocenters. The molecule has 12 heteroatoms. The van der Waals surface area contributed by atoms with Crippen molar-refractivity contribution in [3.05, 3.63) is 35.2 Å². The van der Waals surface area contributed by atoms with Crippen molar-refractivity contribution < 1.29 is 26.3 Å². The molecule has 2 N–H and O–H groups in total. The van der Waals surface area contributed by atoms with E-state index in [-0.39, 0.29) is 17.5 Å². The molecule has 1 unspecified atom stereocenters. The minimum Gasteiger partial charge on any atom is -0.368 e. The molecule has 0 aromatic heterocycles. The van der Waals surface area contributed by atoms with E-state index < -0.39 is 41.3 Å². The van der Waals surface area contributed by atoms with Crippen molar-refractivity contribution in [1.82, 2.24) is 5.01 Å². The number of halogens is 6.